The van der Waals surface area contributed by atoms with E-state index in [1.54, 1.807) is 32.3 Å². The highest BCUT2D eigenvalue weighted by atomic mass is 32.1. The Morgan fingerprint density at radius 3 is 3.00 bits per heavy atom. The standard InChI is InChI=1S/C13H15N5O3S/c1-9-15-16-13(22-9)18(20)8-17(2)7-11(18)21-12(19)10-4-3-5-14-6-10/h3-6,11H,7-8H2,1-2H3. The van der Waals surface area contributed by atoms with Crippen molar-refractivity contribution in [1.29, 1.82) is 0 Å². The van der Waals surface area contributed by atoms with Gasteiger partial charge in [0.2, 0.25) is 0 Å². The molecule has 1 saturated heterocycles. The normalized spacial score (nSPS) is 25.3. The molecule has 8 nitrogen and oxygen atoms in total. The molecule has 9 heteroatoms. The van der Waals surface area contributed by atoms with E-state index < -0.39 is 16.8 Å². The molecule has 0 amide bonds. The lowest BCUT2D eigenvalue weighted by atomic mass is 10.3. The largest absolute Gasteiger partial charge is 0.622 e. The van der Waals surface area contributed by atoms with Gasteiger partial charge in [-0.1, -0.05) is 5.10 Å². The minimum Gasteiger partial charge on any atom is -0.622 e. The lowest BCUT2D eigenvalue weighted by molar-refractivity contribution is 0.00555. The second kappa shape index (κ2) is 5.69. The average Bonchev–Trinajstić information content (AvgIpc) is 3.05. The van der Waals surface area contributed by atoms with Gasteiger partial charge in [0.15, 0.2) is 0 Å². The summed E-state index contributed by atoms with van der Waals surface area (Å²) in [7, 11) is 1.80. The van der Waals surface area contributed by atoms with Crippen LogP contribution in [0.1, 0.15) is 15.4 Å². The number of nitrogens with zero attached hydrogens (tertiary/aromatic N) is 5. The van der Waals surface area contributed by atoms with Crippen molar-refractivity contribution < 1.29 is 9.53 Å². The zero-order valence-electron chi connectivity index (χ0n) is 12.2. The Labute approximate surface area is 131 Å². The second-order valence-corrected chi connectivity index (χ2v) is 6.34. The third-order valence-electron chi connectivity index (χ3n) is 3.36. The number of hydroxylamine groups is 2. The predicted molar refractivity (Wildman–Crippen MR) is 80.7 cm³/mol. The van der Waals surface area contributed by atoms with Crippen molar-refractivity contribution in [1.82, 2.24) is 24.7 Å². The molecule has 2 atom stereocenters. The maximum atomic E-state index is 13.1. The lowest BCUT2D eigenvalue weighted by Gasteiger charge is -2.38. The van der Waals surface area contributed by atoms with Gasteiger partial charge in [0.25, 0.3) is 6.23 Å². The number of aromatic nitrogens is 3. The number of likely N-dealkylation sites (N-methyl/N-ethyl adjacent to an activating group) is 1. The van der Waals surface area contributed by atoms with Gasteiger partial charge in [-0.2, -0.15) is 0 Å². The molecule has 0 N–H and O–H groups in total. The number of esters is 1. The van der Waals surface area contributed by atoms with E-state index in [0.29, 0.717) is 22.2 Å². The van der Waals surface area contributed by atoms with Crippen LogP contribution in [-0.2, 0) is 4.74 Å². The van der Waals surface area contributed by atoms with Crippen molar-refractivity contribution in [2.45, 2.75) is 13.2 Å². The van der Waals surface area contributed by atoms with Gasteiger partial charge in [-0.25, -0.2) is 9.69 Å². The van der Waals surface area contributed by atoms with Crippen LogP contribution in [0.2, 0.25) is 0 Å². The van der Waals surface area contributed by atoms with Gasteiger partial charge in [0, 0.05) is 12.4 Å². The van der Waals surface area contributed by atoms with Crippen LogP contribution < -0.4 is 4.65 Å². The molecule has 1 aliphatic heterocycles. The Balaban J connectivity index is 1.84. The smallest absolute Gasteiger partial charge is 0.344 e. The zero-order chi connectivity index (χ0) is 15.7. The van der Waals surface area contributed by atoms with Crippen LogP contribution >= 0.6 is 11.3 Å². The SMILES string of the molecule is Cc1nnc([N+]2([O-])CN(C)CC2OC(=O)c2cccnc2)s1. The Morgan fingerprint density at radius 1 is 1.55 bits per heavy atom. The molecule has 0 saturated carbocycles. The minimum atomic E-state index is -0.870. The average molecular weight is 321 g/mol. The summed E-state index contributed by atoms with van der Waals surface area (Å²) >= 11 is 1.22. The number of hydrogen-bond acceptors (Lipinski definition) is 8. The van der Waals surface area contributed by atoms with Gasteiger partial charge in [0.05, 0.1) is 12.1 Å². The molecule has 0 aliphatic carbocycles. The third kappa shape index (κ3) is 2.71. The Hall–Kier alpha value is -1.94. The Morgan fingerprint density at radius 2 is 2.36 bits per heavy atom. The number of carbonyl (C=O) groups excluding carboxylic acids is 1. The highest BCUT2D eigenvalue weighted by molar-refractivity contribution is 7.15. The predicted octanol–water partition coefficient (Wildman–Crippen LogP) is 1.13. The van der Waals surface area contributed by atoms with Crippen LogP contribution in [-0.4, -0.2) is 52.5 Å². The van der Waals surface area contributed by atoms with Gasteiger partial charge >= 0.3 is 11.1 Å². The number of carbonyl (C=O) groups is 1. The molecule has 1 aliphatic rings. The number of aryl methyl sites for hydroxylation is 1. The lowest BCUT2D eigenvalue weighted by Crippen LogP contribution is -2.50. The molecular weight excluding hydrogens is 306 g/mol. The summed E-state index contributed by atoms with van der Waals surface area (Å²) in [5.74, 6) is -0.562. The molecule has 3 heterocycles. The molecule has 116 valence electrons. The molecule has 0 aromatic carbocycles. The van der Waals surface area contributed by atoms with Crippen molar-refractivity contribution in [3.05, 3.63) is 40.3 Å². The van der Waals surface area contributed by atoms with E-state index in [1.165, 1.54) is 17.5 Å². The third-order valence-corrected chi connectivity index (χ3v) is 4.31. The van der Waals surface area contributed by atoms with Gasteiger partial charge in [-0.05, 0) is 37.4 Å². The van der Waals surface area contributed by atoms with E-state index in [1.807, 2.05) is 4.90 Å². The summed E-state index contributed by atoms with van der Waals surface area (Å²) in [6.45, 7) is 2.29. The number of pyridine rings is 1. The maximum absolute atomic E-state index is 13.1. The van der Waals surface area contributed by atoms with Crippen molar-refractivity contribution in [3.8, 4) is 0 Å². The highest BCUT2D eigenvalue weighted by Crippen LogP contribution is 2.33. The zero-order valence-corrected chi connectivity index (χ0v) is 13.0. The maximum Gasteiger partial charge on any atom is 0.344 e. The number of rotatable bonds is 3. The minimum absolute atomic E-state index is 0.166. The fourth-order valence-corrected chi connectivity index (χ4v) is 3.08. The fourth-order valence-electron chi connectivity index (χ4n) is 2.33. The second-order valence-electron chi connectivity index (χ2n) is 5.18. The fraction of sp³-hybridized carbons (Fsp3) is 0.385. The summed E-state index contributed by atoms with van der Waals surface area (Å²) < 4.78 is 4.60. The summed E-state index contributed by atoms with van der Waals surface area (Å²) in [6, 6.07) is 3.24. The van der Waals surface area contributed by atoms with Gasteiger partial charge in [0.1, 0.15) is 11.7 Å². The van der Waals surface area contributed by atoms with Crippen LogP contribution in [0.25, 0.3) is 0 Å². The first-order valence-electron chi connectivity index (χ1n) is 6.68. The topological polar surface area (TPSA) is 91.3 Å². The van der Waals surface area contributed by atoms with Crippen LogP contribution in [0.5, 0.6) is 0 Å². The van der Waals surface area contributed by atoms with E-state index in [4.69, 9.17) is 4.74 Å². The monoisotopic (exact) mass is 321 g/mol. The number of hydrogen-bond donors (Lipinski definition) is 0. The van der Waals surface area contributed by atoms with E-state index in [2.05, 4.69) is 15.2 Å². The Bertz CT molecular complexity index is 679. The van der Waals surface area contributed by atoms with E-state index in [0.717, 1.165) is 0 Å². The number of ether oxygens (including phenoxy) is 1. The molecule has 0 radical (unpaired) electrons. The molecule has 2 unspecified atom stereocenters. The molecule has 1 fully saturated rings. The summed E-state index contributed by atoms with van der Waals surface area (Å²) in [4.78, 5) is 17.9. The van der Waals surface area contributed by atoms with Crippen molar-refractivity contribution in [3.63, 3.8) is 0 Å². The van der Waals surface area contributed by atoms with Gasteiger partial charge in [-0.15, -0.1) is 5.10 Å². The first-order valence-corrected chi connectivity index (χ1v) is 7.49. The number of quaternary nitrogens is 1. The van der Waals surface area contributed by atoms with Crippen LogP contribution in [0, 0.1) is 12.1 Å². The summed E-state index contributed by atoms with van der Waals surface area (Å²) in [5.41, 5.74) is 0.317. The van der Waals surface area contributed by atoms with Crippen molar-refractivity contribution in [2.75, 3.05) is 20.3 Å². The van der Waals surface area contributed by atoms with Crippen LogP contribution in [0.4, 0.5) is 5.13 Å². The Kier molecular flexibility index (Phi) is 3.87. The molecule has 0 bridgehead atoms. The van der Waals surface area contributed by atoms with Crippen LogP contribution in [0.15, 0.2) is 24.5 Å². The van der Waals surface area contributed by atoms with E-state index in [9.17, 15) is 10.0 Å². The van der Waals surface area contributed by atoms with Crippen molar-refractivity contribution in [2.24, 2.45) is 0 Å². The quantitative estimate of drug-likeness (QED) is 0.475. The van der Waals surface area contributed by atoms with Crippen LogP contribution in [0.3, 0.4) is 0 Å². The molecule has 3 rings (SSSR count). The molecule has 2 aromatic rings. The summed E-state index contributed by atoms with van der Waals surface area (Å²) in [6.07, 6.45) is 2.11. The van der Waals surface area contributed by atoms with E-state index >= 15 is 0 Å². The summed E-state index contributed by atoms with van der Waals surface area (Å²) in [5, 5.41) is 22.0. The first-order chi connectivity index (χ1) is 10.5. The van der Waals surface area contributed by atoms with Crippen molar-refractivity contribution >= 4 is 22.4 Å². The van der Waals surface area contributed by atoms with E-state index in [-0.39, 0.29) is 6.67 Å². The van der Waals surface area contributed by atoms with Gasteiger partial charge in [-0.3, -0.25) is 9.63 Å². The van der Waals surface area contributed by atoms with Gasteiger partial charge < -0.3 is 9.94 Å². The molecule has 0 spiro atoms. The highest BCUT2D eigenvalue weighted by Gasteiger charge is 2.45. The molecule has 2 aromatic heterocycles. The molecule has 22 heavy (non-hydrogen) atoms. The first kappa shape index (κ1) is 15.0. The molecular formula is C13H15N5O3S.